The van der Waals surface area contributed by atoms with Crippen molar-refractivity contribution in [2.75, 3.05) is 26.1 Å². The smallest absolute Gasteiger partial charge is 0.472 e. The normalized spacial score (nSPS) is 30.8. The number of hydrogen-bond acceptors (Lipinski definition) is 18. The minimum Gasteiger partial charge on any atom is -0.497 e. The van der Waals surface area contributed by atoms with Crippen molar-refractivity contribution in [1.29, 1.82) is 0 Å². The van der Waals surface area contributed by atoms with Crippen LogP contribution in [0.3, 0.4) is 0 Å². The van der Waals surface area contributed by atoms with Crippen LogP contribution in [0.4, 0.5) is 14.6 Å². The third-order valence-corrected chi connectivity index (χ3v) is 14.1. The van der Waals surface area contributed by atoms with Gasteiger partial charge in [-0.15, -0.1) is 0 Å². The van der Waals surface area contributed by atoms with Gasteiger partial charge in [-0.05, 0) is 53.3 Å². The molecule has 4 N–H and O–H groups in total. The van der Waals surface area contributed by atoms with E-state index in [1.165, 1.54) is 42.3 Å². The van der Waals surface area contributed by atoms with E-state index in [0.29, 0.717) is 27.3 Å². The zero-order valence-electron chi connectivity index (χ0n) is 30.8. The number of carbonyl (C=O) groups excluding carboxylic acids is 1. The van der Waals surface area contributed by atoms with Crippen LogP contribution in [-0.4, -0.2) is 97.0 Å². The van der Waals surface area contributed by atoms with E-state index in [2.05, 4.69) is 15.0 Å². The second-order valence-electron chi connectivity index (χ2n) is 13.3. The highest BCUT2D eigenvalue weighted by Gasteiger charge is 2.55. The highest BCUT2D eigenvalue weighted by Crippen LogP contribution is 2.64. The summed E-state index contributed by atoms with van der Waals surface area (Å²) in [6.45, 7) is -6.48. The maximum absolute atomic E-state index is 16.4. The average molecular weight is 896 g/mol. The molecule has 21 nitrogen and oxygen atoms in total. The lowest BCUT2D eigenvalue weighted by Crippen LogP contribution is -2.36. The number of H-pyrrole nitrogens is 1. The summed E-state index contributed by atoms with van der Waals surface area (Å²) in [6, 6.07) is 13.3. The molecule has 26 heteroatoms. The first-order valence-corrected chi connectivity index (χ1v) is 22.4. The molecule has 60 heavy (non-hydrogen) atoms. The third-order valence-electron chi connectivity index (χ3n) is 9.47. The van der Waals surface area contributed by atoms with Crippen LogP contribution in [0, 0.1) is 0 Å². The van der Waals surface area contributed by atoms with Crippen molar-refractivity contribution in [3.8, 4) is 11.5 Å². The van der Waals surface area contributed by atoms with Crippen molar-refractivity contribution in [2.24, 2.45) is 0 Å². The van der Waals surface area contributed by atoms with Crippen LogP contribution < -0.4 is 26.5 Å². The number of aromatic amines is 1. The number of fused-ring (bicyclic) bond motifs is 4. The predicted octanol–water partition coefficient (Wildman–Crippen LogP) is 3.62. The van der Waals surface area contributed by atoms with E-state index in [-0.39, 0.29) is 34.0 Å². The first-order valence-electron chi connectivity index (χ1n) is 17.7. The number of carbonyl (C=O) groups is 1. The number of aromatic nitrogens is 6. The Labute approximate surface area is 339 Å². The largest absolute Gasteiger partial charge is 0.497 e. The number of rotatable bonds is 8. The molecule has 6 heterocycles. The van der Waals surface area contributed by atoms with Gasteiger partial charge in [-0.1, -0.05) is 12.1 Å². The van der Waals surface area contributed by atoms with Crippen LogP contribution in [0.15, 0.2) is 83.0 Å². The highest BCUT2D eigenvalue weighted by atomic mass is 32.7. The number of nitrogens with zero attached hydrogens (tertiary/aromatic N) is 5. The molecule has 3 aliphatic heterocycles. The average Bonchev–Trinajstić information content (AvgIpc) is 3.89. The number of nitrogens with two attached hydrogens (primary N) is 1. The fourth-order valence-electron chi connectivity index (χ4n) is 6.49. The molecule has 8 rings (SSSR count). The van der Waals surface area contributed by atoms with Gasteiger partial charge in [0.25, 0.3) is 5.56 Å². The molecule has 3 saturated heterocycles. The van der Waals surface area contributed by atoms with E-state index in [1.54, 1.807) is 24.3 Å². The highest BCUT2D eigenvalue weighted by molar-refractivity contribution is 8.54. The van der Waals surface area contributed by atoms with E-state index < -0.39 is 94.3 Å². The summed E-state index contributed by atoms with van der Waals surface area (Å²) >= 11 is 0.564. The van der Waals surface area contributed by atoms with Crippen molar-refractivity contribution < 1.29 is 64.6 Å². The quantitative estimate of drug-likeness (QED) is 0.114. The van der Waals surface area contributed by atoms with E-state index in [1.807, 2.05) is 4.98 Å². The number of halogens is 2. The van der Waals surface area contributed by atoms with Crippen LogP contribution in [0.25, 0.3) is 11.2 Å². The number of ether oxygens (including phenoxy) is 4. The van der Waals surface area contributed by atoms with Gasteiger partial charge in [-0.3, -0.25) is 37.0 Å². The number of alkyl halides is 2. The molecule has 0 spiro atoms. The van der Waals surface area contributed by atoms with Crippen LogP contribution in [0.2, 0.25) is 0 Å². The van der Waals surface area contributed by atoms with Crippen LogP contribution >= 0.6 is 26.0 Å². The molecular weight excluding hydrogens is 862 g/mol. The van der Waals surface area contributed by atoms with E-state index in [9.17, 15) is 28.4 Å². The first-order chi connectivity index (χ1) is 28.7. The lowest BCUT2D eigenvalue weighted by Gasteiger charge is -2.27. The number of anilines is 1. The Morgan fingerprint density at radius 3 is 2.37 bits per heavy atom. The molecule has 3 fully saturated rings. The maximum atomic E-state index is 16.4. The third kappa shape index (κ3) is 8.66. The summed E-state index contributed by atoms with van der Waals surface area (Å²) in [4.78, 5) is 62.0. The van der Waals surface area contributed by atoms with Crippen molar-refractivity contribution in [3.05, 3.63) is 105 Å². The van der Waals surface area contributed by atoms with Crippen molar-refractivity contribution in [3.63, 3.8) is 0 Å². The molecule has 318 valence electrons. The predicted molar refractivity (Wildman–Crippen MR) is 203 cm³/mol. The molecule has 2 unspecified atom stereocenters. The minimum absolute atomic E-state index is 0.0248. The lowest BCUT2D eigenvalue weighted by molar-refractivity contribution is -0.0640. The lowest BCUT2D eigenvalue weighted by atomic mass is 10.1. The first kappa shape index (κ1) is 41.8. The van der Waals surface area contributed by atoms with Gasteiger partial charge in [0.15, 0.2) is 36.3 Å². The zero-order chi connectivity index (χ0) is 42.3. The molecule has 3 aliphatic rings. The summed E-state index contributed by atoms with van der Waals surface area (Å²) < 4.78 is 107. The van der Waals surface area contributed by atoms with Crippen LogP contribution in [0.5, 0.6) is 11.5 Å². The van der Waals surface area contributed by atoms with Crippen molar-refractivity contribution in [1.82, 2.24) is 29.1 Å². The number of nitrogens with one attached hydrogen (secondary N) is 1. The molecule has 2 aromatic carbocycles. The fraction of sp³-hybridized carbons (Fsp3) is 0.353. The number of imidazole rings is 1. The van der Waals surface area contributed by atoms with Crippen LogP contribution in [0.1, 0.15) is 28.4 Å². The second kappa shape index (κ2) is 16.9. The van der Waals surface area contributed by atoms with Gasteiger partial charge in [0.1, 0.15) is 47.8 Å². The van der Waals surface area contributed by atoms with Gasteiger partial charge >= 0.3 is 26.3 Å². The number of phosphoric acid groups is 1. The Morgan fingerprint density at radius 2 is 1.63 bits per heavy atom. The van der Waals surface area contributed by atoms with Gasteiger partial charge in [0, 0.05) is 18.0 Å². The van der Waals surface area contributed by atoms with Gasteiger partial charge in [0.2, 0.25) is 0 Å². The molecular formula is C34H33F2N7O14P2S. The van der Waals surface area contributed by atoms with Crippen LogP contribution in [-0.2, 0) is 42.5 Å². The maximum Gasteiger partial charge on any atom is 0.472 e. The monoisotopic (exact) mass is 895 g/mol. The number of esters is 1. The molecule has 0 aliphatic carbocycles. The number of nitrogen functional groups attached to an aromatic ring is 1. The standard InChI is InChI=1S/C34H33F2N7O14P2S/c1-50-19-8-4-18(5-9-19)33(45)53-20-6-2-17(3-7-20)14-60-59(49)52-12-21-24(35)28(32(54-21)43-16-40-26-29(37)38-15-39-30(26)43)56-58(47,48)51-13-22-27(57-59)25(36)31(55-22)42-11-10-23(44)41-34(42)46/h2-11,15-16,21-22,24-25,27-28,31-32H,12-14H2,1H3,(H,47,48)(H2,37,38,39)(H,41,44,46)/t21-,22-,24-,25-,27-,28-,31-,32-,59?/m1/s1. The topological polar surface area (TPSA) is 270 Å². The summed E-state index contributed by atoms with van der Waals surface area (Å²) in [6.07, 6.45) is -11.9. The summed E-state index contributed by atoms with van der Waals surface area (Å²) in [7, 11) is -3.79. The second-order valence-corrected chi connectivity index (χ2v) is 18.7. The van der Waals surface area contributed by atoms with Gasteiger partial charge in [0.05, 0.1) is 32.2 Å². The zero-order valence-corrected chi connectivity index (χ0v) is 33.4. The van der Waals surface area contributed by atoms with Crippen molar-refractivity contribution in [2.45, 2.75) is 55.0 Å². The molecule has 0 saturated carbocycles. The van der Waals surface area contributed by atoms with Gasteiger partial charge in [-0.25, -0.2) is 42.5 Å². The van der Waals surface area contributed by atoms with E-state index >= 15 is 8.78 Å². The molecule has 0 radical (unpaired) electrons. The summed E-state index contributed by atoms with van der Waals surface area (Å²) in [5.41, 5.74) is 4.98. The molecule has 5 aromatic rings. The minimum atomic E-state index is -5.28. The number of benzene rings is 2. The van der Waals surface area contributed by atoms with Crippen molar-refractivity contribution >= 4 is 49.0 Å². The van der Waals surface area contributed by atoms with Gasteiger partial charge in [-0.2, -0.15) is 0 Å². The number of phosphoric ester groups is 1. The molecule has 10 atom stereocenters. The Hall–Kier alpha value is -4.87. The Morgan fingerprint density at radius 1 is 0.917 bits per heavy atom. The number of hydrogen-bond donors (Lipinski definition) is 3. The van der Waals surface area contributed by atoms with E-state index in [0.717, 1.165) is 18.6 Å². The SMILES string of the molecule is COc1ccc(C(=O)Oc2ccc(CSP3(=O)OC[C@H]4O[C@@H](n5cnc6c(N)ncnc65)[C@H](OP(=O)(O)OC[C@H]5O[C@@H](n6ccc(=O)[nH]c6=O)[C@H](F)[C@@H]5O3)[C@@H]4F)cc2)cc1. The molecule has 2 bridgehead atoms. The summed E-state index contributed by atoms with van der Waals surface area (Å²) in [5.74, 6) is -0.0627. The summed E-state index contributed by atoms with van der Waals surface area (Å²) in [5, 5.41) is 0. The van der Waals surface area contributed by atoms with E-state index in [4.69, 9.17) is 42.8 Å². The number of methoxy groups -OCH3 is 1. The Bertz CT molecular complexity index is 2600. The Kier molecular flexibility index (Phi) is 11.8. The Balaban J connectivity index is 1.07. The fourth-order valence-corrected chi connectivity index (χ4v) is 10.8. The van der Waals surface area contributed by atoms with Gasteiger partial charge < -0.3 is 29.6 Å². The molecule has 0 amide bonds. The molecule has 3 aromatic heterocycles.